The van der Waals surface area contributed by atoms with E-state index >= 15 is 0 Å². The first-order valence-electron chi connectivity index (χ1n) is 4.53. The van der Waals surface area contributed by atoms with Crippen molar-refractivity contribution in [2.24, 2.45) is 0 Å². The van der Waals surface area contributed by atoms with Crippen molar-refractivity contribution >= 4 is 29.1 Å². The van der Waals surface area contributed by atoms with Crippen LogP contribution in [0.1, 0.15) is 5.56 Å². The molecular weight excluding hydrogens is 229 g/mol. The molecule has 0 aliphatic carbocycles. The minimum atomic E-state index is -0.430. The lowest BCUT2D eigenvalue weighted by molar-refractivity contribution is -0.123. The molecule has 16 heavy (non-hydrogen) atoms. The normalized spacial score (nSPS) is 15.6. The highest BCUT2D eigenvalue weighted by atomic mass is 32.2. The molecule has 1 N–H and O–H groups in total. The molecule has 1 aromatic carbocycles. The Morgan fingerprint density at radius 1 is 1.12 bits per heavy atom. The average Bonchev–Trinajstić information content (AvgIpc) is 2.54. The van der Waals surface area contributed by atoms with Gasteiger partial charge in [0.2, 0.25) is 0 Å². The highest BCUT2D eigenvalue weighted by molar-refractivity contribution is 8.03. The highest BCUT2D eigenvalue weighted by Crippen LogP contribution is 2.29. The Kier molecular flexibility index (Phi) is 2.78. The van der Waals surface area contributed by atoms with Gasteiger partial charge in [0.15, 0.2) is 0 Å². The SMILES string of the molecule is CSC1=C(c2ccc(F)cc2)C(=O)NC1=O. The molecule has 2 amide bonds. The first kappa shape index (κ1) is 10.9. The van der Waals surface area contributed by atoms with Crippen molar-refractivity contribution in [2.75, 3.05) is 6.26 Å². The zero-order chi connectivity index (χ0) is 11.7. The second-order valence-electron chi connectivity index (χ2n) is 3.20. The van der Waals surface area contributed by atoms with Crippen molar-refractivity contribution in [2.45, 2.75) is 0 Å². The van der Waals surface area contributed by atoms with E-state index in [0.29, 0.717) is 16.0 Å². The van der Waals surface area contributed by atoms with Crippen molar-refractivity contribution in [1.29, 1.82) is 0 Å². The number of halogens is 1. The summed E-state index contributed by atoms with van der Waals surface area (Å²) in [7, 11) is 0. The van der Waals surface area contributed by atoms with E-state index in [9.17, 15) is 14.0 Å². The second-order valence-corrected chi connectivity index (χ2v) is 4.01. The second kappa shape index (κ2) is 4.09. The molecule has 0 saturated carbocycles. The number of carbonyl (C=O) groups is 2. The van der Waals surface area contributed by atoms with E-state index in [1.807, 2.05) is 0 Å². The number of nitrogens with one attached hydrogen (secondary N) is 1. The fraction of sp³-hybridized carbons (Fsp3) is 0.0909. The van der Waals surface area contributed by atoms with E-state index in [0.717, 1.165) is 0 Å². The van der Waals surface area contributed by atoms with Crippen LogP contribution in [-0.2, 0) is 9.59 Å². The number of benzene rings is 1. The zero-order valence-electron chi connectivity index (χ0n) is 8.41. The Labute approximate surface area is 95.7 Å². The quantitative estimate of drug-likeness (QED) is 0.794. The molecule has 3 nitrogen and oxygen atoms in total. The van der Waals surface area contributed by atoms with Gasteiger partial charge in [0, 0.05) is 0 Å². The van der Waals surface area contributed by atoms with Gasteiger partial charge in [-0.2, -0.15) is 0 Å². The number of carbonyl (C=O) groups excluding carboxylic acids is 2. The van der Waals surface area contributed by atoms with Crippen molar-refractivity contribution in [3.63, 3.8) is 0 Å². The van der Waals surface area contributed by atoms with E-state index in [1.165, 1.54) is 36.0 Å². The summed E-state index contributed by atoms with van der Waals surface area (Å²) in [5.41, 5.74) is 0.867. The summed E-state index contributed by atoms with van der Waals surface area (Å²) >= 11 is 1.20. The lowest BCUT2D eigenvalue weighted by atomic mass is 10.1. The summed E-state index contributed by atoms with van der Waals surface area (Å²) in [6.07, 6.45) is 1.72. The van der Waals surface area contributed by atoms with Crippen molar-refractivity contribution < 1.29 is 14.0 Å². The van der Waals surface area contributed by atoms with Crippen LogP contribution in [0.25, 0.3) is 5.57 Å². The van der Waals surface area contributed by atoms with Crippen molar-refractivity contribution in [3.05, 3.63) is 40.6 Å². The number of thioether (sulfide) groups is 1. The Balaban J connectivity index is 2.53. The van der Waals surface area contributed by atoms with Crippen LogP contribution in [0.4, 0.5) is 4.39 Å². The van der Waals surface area contributed by atoms with Crippen LogP contribution >= 0.6 is 11.8 Å². The fourth-order valence-electron chi connectivity index (χ4n) is 1.51. The summed E-state index contributed by atoms with van der Waals surface area (Å²) in [5.74, 6) is -1.20. The largest absolute Gasteiger partial charge is 0.288 e. The van der Waals surface area contributed by atoms with E-state index in [2.05, 4.69) is 5.32 Å². The molecule has 0 atom stereocenters. The molecule has 0 unspecified atom stereocenters. The third-order valence-electron chi connectivity index (χ3n) is 2.22. The molecule has 0 radical (unpaired) electrons. The van der Waals surface area contributed by atoms with E-state index < -0.39 is 11.8 Å². The van der Waals surface area contributed by atoms with E-state index in [-0.39, 0.29) is 5.82 Å². The van der Waals surface area contributed by atoms with Crippen LogP contribution < -0.4 is 5.32 Å². The third kappa shape index (κ3) is 1.74. The molecule has 1 aliphatic rings. The minimum absolute atomic E-state index is 0.317. The number of hydrogen-bond acceptors (Lipinski definition) is 3. The number of rotatable bonds is 2. The number of amides is 2. The van der Waals surface area contributed by atoms with Crippen molar-refractivity contribution in [3.8, 4) is 0 Å². The minimum Gasteiger partial charge on any atom is -0.288 e. The topological polar surface area (TPSA) is 46.2 Å². The summed E-state index contributed by atoms with van der Waals surface area (Å²) in [6, 6.07) is 5.49. The predicted octanol–water partition coefficient (Wildman–Crippen LogP) is 1.56. The Morgan fingerprint density at radius 2 is 1.75 bits per heavy atom. The Hall–Kier alpha value is -1.62. The molecule has 0 spiro atoms. The summed E-state index contributed by atoms with van der Waals surface area (Å²) in [5, 5.41) is 2.21. The third-order valence-corrected chi connectivity index (χ3v) is 3.02. The van der Waals surface area contributed by atoms with Crippen molar-refractivity contribution in [1.82, 2.24) is 5.32 Å². The van der Waals surface area contributed by atoms with Crippen LogP contribution in [0.3, 0.4) is 0 Å². The predicted molar refractivity (Wildman–Crippen MR) is 60.0 cm³/mol. The van der Waals surface area contributed by atoms with Gasteiger partial charge in [0.25, 0.3) is 11.8 Å². The van der Waals surface area contributed by atoms with E-state index in [1.54, 1.807) is 6.26 Å². The van der Waals surface area contributed by atoms with E-state index in [4.69, 9.17) is 0 Å². The summed E-state index contributed by atoms with van der Waals surface area (Å²) in [4.78, 5) is 23.3. The maximum Gasteiger partial charge on any atom is 0.265 e. The lowest BCUT2D eigenvalue weighted by Crippen LogP contribution is -2.22. The van der Waals surface area contributed by atoms with Gasteiger partial charge in [-0.15, -0.1) is 11.8 Å². The average molecular weight is 237 g/mol. The van der Waals surface area contributed by atoms with Crippen LogP contribution in [0.15, 0.2) is 29.2 Å². The van der Waals surface area contributed by atoms with Gasteiger partial charge in [-0.1, -0.05) is 12.1 Å². The van der Waals surface area contributed by atoms with Gasteiger partial charge in [0.05, 0.1) is 10.5 Å². The van der Waals surface area contributed by atoms with Crippen LogP contribution in [0, 0.1) is 5.82 Å². The molecule has 82 valence electrons. The van der Waals surface area contributed by atoms with Crippen LogP contribution in [0.5, 0.6) is 0 Å². The van der Waals surface area contributed by atoms with Crippen LogP contribution in [0.2, 0.25) is 0 Å². The summed E-state index contributed by atoms with van der Waals surface area (Å²) in [6.45, 7) is 0. The molecule has 0 aromatic heterocycles. The van der Waals surface area contributed by atoms with Gasteiger partial charge in [-0.3, -0.25) is 14.9 Å². The highest BCUT2D eigenvalue weighted by Gasteiger charge is 2.30. The first-order chi connectivity index (χ1) is 7.63. The number of hydrogen-bond donors (Lipinski definition) is 1. The molecule has 0 fully saturated rings. The van der Waals surface area contributed by atoms with Gasteiger partial charge < -0.3 is 0 Å². The first-order valence-corrected chi connectivity index (χ1v) is 5.76. The van der Waals surface area contributed by atoms with Gasteiger partial charge in [-0.25, -0.2) is 4.39 Å². The maximum absolute atomic E-state index is 12.7. The van der Waals surface area contributed by atoms with Crippen LogP contribution in [-0.4, -0.2) is 18.1 Å². The molecular formula is C11H8FNO2S. The molecule has 1 aromatic rings. The number of imide groups is 1. The summed E-state index contributed by atoms with van der Waals surface area (Å²) < 4.78 is 12.7. The molecule has 1 aliphatic heterocycles. The molecule has 2 rings (SSSR count). The molecule has 1 heterocycles. The zero-order valence-corrected chi connectivity index (χ0v) is 9.23. The van der Waals surface area contributed by atoms with Gasteiger partial charge in [0.1, 0.15) is 5.82 Å². The molecule has 0 saturated heterocycles. The molecule has 5 heteroatoms. The standard InChI is InChI=1S/C11H8FNO2S/c1-16-9-8(10(14)13-11(9)15)6-2-4-7(12)5-3-6/h2-5H,1H3,(H,13,14,15). The Bertz CT molecular complexity index is 493. The monoisotopic (exact) mass is 237 g/mol. The maximum atomic E-state index is 12.7. The van der Waals surface area contributed by atoms with Gasteiger partial charge >= 0.3 is 0 Å². The fourth-order valence-corrected chi connectivity index (χ4v) is 2.16. The lowest BCUT2D eigenvalue weighted by Gasteiger charge is -2.01. The molecule has 0 bridgehead atoms. The smallest absolute Gasteiger partial charge is 0.265 e. The Morgan fingerprint density at radius 3 is 2.31 bits per heavy atom. The van der Waals surface area contributed by atoms with Gasteiger partial charge in [-0.05, 0) is 24.0 Å².